The summed E-state index contributed by atoms with van der Waals surface area (Å²) in [6.07, 6.45) is 1.35. The maximum Gasteiger partial charge on any atom is 0.273 e. The van der Waals surface area contributed by atoms with E-state index in [0.717, 1.165) is 22.7 Å². The van der Waals surface area contributed by atoms with Gasteiger partial charge in [0, 0.05) is 23.9 Å². The molecule has 1 aliphatic rings. The summed E-state index contributed by atoms with van der Waals surface area (Å²) < 4.78 is 1.81. The van der Waals surface area contributed by atoms with Gasteiger partial charge in [-0.25, -0.2) is 4.58 Å². The smallest absolute Gasteiger partial charge is 0.273 e. The summed E-state index contributed by atoms with van der Waals surface area (Å²) in [6.45, 7) is 0. The quantitative estimate of drug-likeness (QED) is 0.618. The third-order valence-corrected chi connectivity index (χ3v) is 3.08. The van der Waals surface area contributed by atoms with E-state index < -0.39 is 6.23 Å². The van der Waals surface area contributed by atoms with Crippen LogP contribution in [0.1, 0.15) is 17.4 Å². The number of hydrogen-bond acceptors (Lipinski definition) is 3. The van der Waals surface area contributed by atoms with Crippen LogP contribution in [-0.4, -0.2) is 36.7 Å². The summed E-state index contributed by atoms with van der Waals surface area (Å²) >= 11 is 0. The fourth-order valence-corrected chi connectivity index (χ4v) is 2.08. The fraction of sp³-hybridized carbons (Fsp3) is 0.308. The Labute approximate surface area is 101 Å². The van der Waals surface area contributed by atoms with Gasteiger partial charge in [-0.2, -0.15) is 0 Å². The minimum Gasteiger partial charge on any atom is -0.387 e. The highest BCUT2D eigenvalue weighted by Gasteiger charge is 2.24. The van der Waals surface area contributed by atoms with Crippen LogP contribution in [0.5, 0.6) is 0 Å². The van der Waals surface area contributed by atoms with Crippen LogP contribution in [0.3, 0.4) is 0 Å². The third kappa shape index (κ3) is 1.91. The van der Waals surface area contributed by atoms with Gasteiger partial charge < -0.3 is 10.4 Å². The lowest BCUT2D eigenvalue weighted by Crippen LogP contribution is -2.29. The Kier molecular flexibility index (Phi) is 3.15. The van der Waals surface area contributed by atoms with Gasteiger partial charge in [0.1, 0.15) is 0 Å². The number of benzene rings is 1. The van der Waals surface area contributed by atoms with Crippen LogP contribution in [-0.2, 0) is 0 Å². The lowest BCUT2D eigenvalue weighted by Gasteiger charge is -2.13. The molecule has 1 heterocycles. The maximum absolute atomic E-state index is 10.3. The summed E-state index contributed by atoms with van der Waals surface area (Å²) in [5.74, 6) is 0.873. The second-order valence-corrected chi connectivity index (χ2v) is 4.02. The minimum absolute atomic E-state index is 0.643. The molecule has 0 aromatic heterocycles. The van der Waals surface area contributed by atoms with Crippen molar-refractivity contribution in [3.63, 3.8) is 0 Å². The maximum atomic E-state index is 10.3. The number of fused-ring (bicyclic) bond motifs is 1. The second-order valence-electron chi connectivity index (χ2n) is 4.02. The molecule has 17 heavy (non-hydrogen) atoms. The topological polar surface area (TPSA) is 47.3 Å². The SMILES string of the molecule is CNC1=CC(NC)=[N+](C)C(O)c2ccccc21. The highest BCUT2D eigenvalue weighted by molar-refractivity contribution is 5.96. The lowest BCUT2D eigenvalue weighted by atomic mass is 10.0. The molecule has 0 fully saturated rings. The number of nitrogens with zero attached hydrogens (tertiary/aromatic N) is 1. The molecule has 0 spiro atoms. The van der Waals surface area contributed by atoms with Crippen molar-refractivity contribution in [3.05, 3.63) is 41.5 Å². The van der Waals surface area contributed by atoms with E-state index >= 15 is 0 Å². The summed E-state index contributed by atoms with van der Waals surface area (Å²) in [4.78, 5) is 0. The van der Waals surface area contributed by atoms with Crippen molar-refractivity contribution in [2.75, 3.05) is 21.1 Å². The van der Waals surface area contributed by atoms with Gasteiger partial charge in [0.15, 0.2) is 0 Å². The molecule has 4 nitrogen and oxygen atoms in total. The number of hydrogen-bond donors (Lipinski definition) is 3. The van der Waals surface area contributed by atoms with E-state index in [0.29, 0.717) is 0 Å². The van der Waals surface area contributed by atoms with Crippen LogP contribution in [0.2, 0.25) is 0 Å². The molecule has 0 aliphatic carbocycles. The molecule has 3 N–H and O–H groups in total. The molecule has 0 radical (unpaired) electrons. The Morgan fingerprint density at radius 1 is 1.18 bits per heavy atom. The minimum atomic E-state index is -0.643. The van der Waals surface area contributed by atoms with E-state index in [1.54, 1.807) is 0 Å². The molecule has 1 aliphatic heterocycles. The Morgan fingerprint density at radius 2 is 1.88 bits per heavy atom. The third-order valence-electron chi connectivity index (χ3n) is 3.08. The molecule has 1 atom stereocenters. The molecule has 0 saturated carbocycles. The van der Waals surface area contributed by atoms with Gasteiger partial charge in [-0.1, -0.05) is 24.3 Å². The first-order valence-corrected chi connectivity index (χ1v) is 5.63. The van der Waals surface area contributed by atoms with Crippen molar-refractivity contribution in [3.8, 4) is 0 Å². The van der Waals surface area contributed by atoms with E-state index in [1.807, 2.05) is 56.1 Å². The molecule has 0 saturated heterocycles. The zero-order valence-corrected chi connectivity index (χ0v) is 10.4. The Bertz CT molecular complexity index is 491. The second kappa shape index (κ2) is 4.59. The summed E-state index contributed by atoms with van der Waals surface area (Å²) in [7, 11) is 5.59. The first-order chi connectivity index (χ1) is 8.19. The summed E-state index contributed by atoms with van der Waals surface area (Å²) in [5.41, 5.74) is 2.92. The predicted octanol–water partition coefficient (Wildman–Crippen LogP) is 0.512. The van der Waals surface area contributed by atoms with Crippen molar-refractivity contribution < 1.29 is 9.68 Å². The standard InChI is InChI=1S/C13H17N3O/c1-14-11-8-12(15-2)16(3)13(17)10-7-5-4-6-9(10)11/h4-8,13,17H,1-3H3,(H,14,15)/p+1. The molecular formula is C13H18N3O+. The highest BCUT2D eigenvalue weighted by Crippen LogP contribution is 2.25. The van der Waals surface area contributed by atoms with Gasteiger partial charge in [0.25, 0.3) is 5.84 Å². The lowest BCUT2D eigenvalue weighted by molar-refractivity contribution is -0.593. The van der Waals surface area contributed by atoms with Gasteiger partial charge in [0.05, 0.1) is 20.2 Å². The van der Waals surface area contributed by atoms with Crippen LogP contribution >= 0.6 is 0 Å². The van der Waals surface area contributed by atoms with E-state index in [2.05, 4.69) is 10.6 Å². The molecule has 4 heteroatoms. The average molecular weight is 232 g/mol. The molecular weight excluding hydrogens is 214 g/mol. The zero-order chi connectivity index (χ0) is 12.4. The monoisotopic (exact) mass is 232 g/mol. The van der Waals surface area contributed by atoms with E-state index in [9.17, 15) is 5.11 Å². The van der Waals surface area contributed by atoms with Crippen molar-refractivity contribution in [2.24, 2.45) is 0 Å². The van der Waals surface area contributed by atoms with E-state index in [-0.39, 0.29) is 0 Å². The van der Waals surface area contributed by atoms with Crippen molar-refractivity contribution in [2.45, 2.75) is 6.23 Å². The zero-order valence-electron chi connectivity index (χ0n) is 10.4. The Hall–Kier alpha value is -1.81. The van der Waals surface area contributed by atoms with Gasteiger partial charge in [0.2, 0.25) is 6.23 Å². The largest absolute Gasteiger partial charge is 0.387 e. The molecule has 1 aromatic carbocycles. The van der Waals surface area contributed by atoms with Crippen LogP contribution in [0.4, 0.5) is 0 Å². The van der Waals surface area contributed by atoms with Gasteiger partial charge >= 0.3 is 0 Å². The highest BCUT2D eigenvalue weighted by atomic mass is 16.3. The first kappa shape index (κ1) is 11.7. The average Bonchev–Trinajstić information content (AvgIpc) is 2.48. The number of aliphatic hydroxyl groups excluding tert-OH is 1. The molecule has 1 aromatic rings. The first-order valence-electron chi connectivity index (χ1n) is 5.63. The van der Waals surface area contributed by atoms with Crippen LogP contribution < -0.4 is 10.6 Å². The van der Waals surface area contributed by atoms with Crippen LogP contribution in [0, 0.1) is 0 Å². The van der Waals surface area contributed by atoms with Gasteiger partial charge in [-0.05, 0) is 0 Å². The number of likely N-dealkylation sites (N-methyl/N-ethyl adjacent to an activating group) is 1. The number of nitrogens with one attached hydrogen (secondary N) is 2. The fourth-order valence-electron chi connectivity index (χ4n) is 2.08. The number of aliphatic hydroxyl groups is 1. The van der Waals surface area contributed by atoms with Crippen molar-refractivity contribution >= 4 is 11.5 Å². The number of rotatable bonds is 1. The normalized spacial score (nSPS) is 19.3. The predicted molar refractivity (Wildman–Crippen MR) is 68.7 cm³/mol. The number of amidine groups is 1. The summed E-state index contributed by atoms with van der Waals surface area (Å²) in [6, 6.07) is 7.86. The molecule has 2 rings (SSSR count). The molecule has 0 bridgehead atoms. The molecule has 1 unspecified atom stereocenters. The molecule has 0 amide bonds. The van der Waals surface area contributed by atoms with Crippen LogP contribution in [0.15, 0.2) is 30.3 Å². The van der Waals surface area contributed by atoms with Crippen molar-refractivity contribution in [1.29, 1.82) is 0 Å². The van der Waals surface area contributed by atoms with Crippen LogP contribution in [0.25, 0.3) is 5.70 Å². The van der Waals surface area contributed by atoms with Gasteiger partial charge in [-0.3, -0.25) is 5.32 Å². The molecule has 90 valence electrons. The van der Waals surface area contributed by atoms with E-state index in [4.69, 9.17) is 0 Å². The van der Waals surface area contributed by atoms with Gasteiger partial charge in [-0.15, -0.1) is 0 Å². The van der Waals surface area contributed by atoms with E-state index in [1.165, 1.54) is 0 Å². The Morgan fingerprint density at radius 3 is 2.53 bits per heavy atom. The summed E-state index contributed by atoms with van der Waals surface area (Å²) in [5, 5.41) is 16.6. The van der Waals surface area contributed by atoms with Crippen molar-refractivity contribution in [1.82, 2.24) is 10.6 Å². The Balaban J connectivity index is 2.66.